The Morgan fingerprint density at radius 3 is 2.56 bits per heavy atom. The molecule has 0 saturated carbocycles. The first-order valence-corrected chi connectivity index (χ1v) is 8.14. The van der Waals surface area contributed by atoms with Crippen molar-refractivity contribution in [2.45, 2.75) is 47.0 Å². The molecule has 0 radical (unpaired) electrons. The van der Waals surface area contributed by atoms with E-state index in [0.29, 0.717) is 0 Å². The standard InChI is InChI=1S/C15H26ClNS/c1-11(2)10-17-8-7-12(3)5-6-14-9-13(4)15(16)18-14/h9,11-12,17H,5-8,10H2,1-4H3. The van der Waals surface area contributed by atoms with Crippen LogP contribution in [0.3, 0.4) is 0 Å². The lowest BCUT2D eigenvalue weighted by atomic mass is 10.0. The lowest BCUT2D eigenvalue weighted by molar-refractivity contribution is 0.455. The zero-order chi connectivity index (χ0) is 13.5. The summed E-state index contributed by atoms with van der Waals surface area (Å²) < 4.78 is 0.955. The third kappa shape index (κ3) is 6.21. The molecule has 0 saturated heterocycles. The molecular formula is C15H26ClNS. The monoisotopic (exact) mass is 287 g/mol. The summed E-state index contributed by atoms with van der Waals surface area (Å²) in [6, 6.07) is 2.23. The van der Waals surface area contributed by atoms with E-state index >= 15 is 0 Å². The molecule has 1 heterocycles. The summed E-state index contributed by atoms with van der Waals surface area (Å²) in [5.74, 6) is 1.53. The Labute approximate surface area is 121 Å². The smallest absolute Gasteiger partial charge is 0.0960 e. The summed E-state index contributed by atoms with van der Waals surface area (Å²) >= 11 is 7.82. The van der Waals surface area contributed by atoms with Gasteiger partial charge in [0.05, 0.1) is 4.34 Å². The maximum Gasteiger partial charge on any atom is 0.0960 e. The van der Waals surface area contributed by atoms with E-state index in [2.05, 4.69) is 39.1 Å². The van der Waals surface area contributed by atoms with Crippen LogP contribution in [0.25, 0.3) is 0 Å². The first-order chi connectivity index (χ1) is 8.49. The lowest BCUT2D eigenvalue weighted by Crippen LogP contribution is -2.22. The number of halogens is 1. The Morgan fingerprint density at radius 2 is 2.00 bits per heavy atom. The molecule has 1 N–H and O–H groups in total. The molecule has 1 rings (SSSR count). The number of aryl methyl sites for hydroxylation is 2. The van der Waals surface area contributed by atoms with Crippen molar-refractivity contribution in [2.24, 2.45) is 11.8 Å². The van der Waals surface area contributed by atoms with Gasteiger partial charge in [-0.3, -0.25) is 0 Å². The van der Waals surface area contributed by atoms with E-state index in [-0.39, 0.29) is 0 Å². The maximum absolute atomic E-state index is 6.09. The van der Waals surface area contributed by atoms with Crippen molar-refractivity contribution in [3.63, 3.8) is 0 Å². The van der Waals surface area contributed by atoms with Crippen LogP contribution >= 0.6 is 22.9 Å². The topological polar surface area (TPSA) is 12.0 Å². The van der Waals surface area contributed by atoms with Gasteiger partial charge in [-0.1, -0.05) is 32.4 Å². The van der Waals surface area contributed by atoms with Crippen molar-refractivity contribution in [1.82, 2.24) is 5.32 Å². The minimum Gasteiger partial charge on any atom is -0.316 e. The minimum atomic E-state index is 0.747. The van der Waals surface area contributed by atoms with E-state index in [1.54, 1.807) is 11.3 Å². The van der Waals surface area contributed by atoms with Gasteiger partial charge in [0.15, 0.2) is 0 Å². The van der Waals surface area contributed by atoms with Crippen LogP contribution in [0.1, 0.15) is 44.1 Å². The van der Waals surface area contributed by atoms with Gasteiger partial charge in [0.1, 0.15) is 0 Å². The highest BCUT2D eigenvalue weighted by Crippen LogP contribution is 2.28. The van der Waals surface area contributed by atoms with Crippen molar-refractivity contribution >= 4 is 22.9 Å². The SMILES string of the molecule is Cc1cc(CCC(C)CCNCC(C)C)sc1Cl. The van der Waals surface area contributed by atoms with Crippen molar-refractivity contribution < 1.29 is 0 Å². The molecule has 1 nitrogen and oxygen atoms in total. The molecule has 0 aliphatic carbocycles. The van der Waals surface area contributed by atoms with E-state index in [1.165, 1.54) is 29.7 Å². The van der Waals surface area contributed by atoms with E-state index in [9.17, 15) is 0 Å². The van der Waals surface area contributed by atoms with Crippen LogP contribution in [0.5, 0.6) is 0 Å². The van der Waals surface area contributed by atoms with E-state index in [1.807, 2.05) is 0 Å². The molecule has 0 bridgehead atoms. The Hall–Kier alpha value is -0.0500. The summed E-state index contributed by atoms with van der Waals surface area (Å²) in [6.45, 7) is 11.2. The van der Waals surface area contributed by atoms with Gasteiger partial charge in [0, 0.05) is 4.88 Å². The Kier molecular flexibility index (Phi) is 7.28. The second-order valence-corrected chi connectivity index (χ2v) is 7.44. The molecule has 1 unspecified atom stereocenters. The van der Waals surface area contributed by atoms with Crippen molar-refractivity contribution in [2.75, 3.05) is 13.1 Å². The van der Waals surface area contributed by atoms with Crippen LogP contribution in [0.2, 0.25) is 4.34 Å². The zero-order valence-corrected chi connectivity index (χ0v) is 13.6. The molecule has 18 heavy (non-hydrogen) atoms. The van der Waals surface area contributed by atoms with E-state index in [4.69, 9.17) is 11.6 Å². The molecule has 1 aromatic heterocycles. The van der Waals surface area contributed by atoms with Gasteiger partial charge in [-0.25, -0.2) is 0 Å². The van der Waals surface area contributed by atoms with Gasteiger partial charge in [0.2, 0.25) is 0 Å². The fourth-order valence-electron chi connectivity index (χ4n) is 1.92. The first kappa shape index (κ1) is 16.0. The second-order valence-electron chi connectivity index (χ2n) is 5.70. The summed E-state index contributed by atoms with van der Waals surface area (Å²) in [5, 5.41) is 3.51. The van der Waals surface area contributed by atoms with Crippen LogP contribution in [-0.2, 0) is 6.42 Å². The third-order valence-electron chi connectivity index (χ3n) is 3.16. The Morgan fingerprint density at radius 1 is 1.28 bits per heavy atom. The fourth-order valence-corrected chi connectivity index (χ4v) is 3.18. The fraction of sp³-hybridized carbons (Fsp3) is 0.733. The number of rotatable bonds is 8. The predicted molar refractivity (Wildman–Crippen MR) is 83.9 cm³/mol. The van der Waals surface area contributed by atoms with Crippen LogP contribution in [0, 0.1) is 18.8 Å². The normalized spacial score (nSPS) is 13.2. The highest BCUT2D eigenvalue weighted by Gasteiger charge is 2.06. The predicted octanol–water partition coefficient (Wildman–Crippen LogP) is 4.91. The quantitative estimate of drug-likeness (QED) is 0.670. The molecule has 0 spiro atoms. The van der Waals surface area contributed by atoms with E-state index in [0.717, 1.165) is 29.3 Å². The van der Waals surface area contributed by atoms with Gasteiger partial charge >= 0.3 is 0 Å². The van der Waals surface area contributed by atoms with Crippen LogP contribution in [-0.4, -0.2) is 13.1 Å². The summed E-state index contributed by atoms with van der Waals surface area (Å²) in [4.78, 5) is 1.43. The van der Waals surface area contributed by atoms with Crippen LogP contribution in [0.4, 0.5) is 0 Å². The van der Waals surface area contributed by atoms with Crippen molar-refractivity contribution in [1.29, 1.82) is 0 Å². The number of hydrogen-bond donors (Lipinski definition) is 1. The zero-order valence-electron chi connectivity index (χ0n) is 12.1. The maximum atomic E-state index is 6.09. The summed E-state index contributed by atoms with van der Waals surface area (Å²) in [5.41, 5.74) is 1.22. The molecule has 3 heteroatoms. The highest BCUT2D eigenvalue weighted by atomic mass is 35.5. The van der Waals surface area contributed by atoms with Crippen LogP contribution < -0.4 is 5.32 Å². The number of nitrogens with one attached hydrogen (secondary N) is 1. The minimum absolute atomic E-state index is 0.747. The molecule has 0 fully saturated rings. The van der Waals surface area contributed by atoms with Crippen molar-refractivity contribution in [3.05, 3.63) is 20.8 Å². The largest absolute Gasteiger partial charge is 0.316 e. The first-order valence-electron chi connectivity index (χ1n) is 6.94. The molecule has 0 amide bonds. The van der Waals surface area contributed by atoms with Crippen LogP contribution in [0.15, 0.2) is 6.07 Å². The molecule has 1 aromatic rings. The van der Waals surface area contributed by atoms with Gasteiger partial charge in [-0.2, -0.15) is 0 Å². The lowest BCUT2D eigenvalue weighted by Gasteiger charge is -2.12. The van der Waals surface area contributed by atoms with Gasteiger partial charge < -0.3 is 5.32 Å². The van der Waals surface area contributed by atoms with Gasteiger partial charge in [-0.15, -0.1) is 11.3 Å². The Balaban J connectivity index is 2.15. The van der Waals surface area contributed by atoms with Gasteiger partial charge in [-0.05, 0) is 62.7 Å². The molecule has 1 atom stereocenters. The Bertz CT molecular complexity index is 327. The van der Waals surface area contributed by atoms with E-state index < -0.39 is 0 Å². The molecule has 0 aliphatic heterocycles. The molecule has 104 valence electrons. The summed E-state index contributed by atoms with van der Waals surface area (Å²) in [7, 11) is 0. The van der Waals surface area contributed by atoms with Crippen molar-refractivity contribution in [3.8, 4) is 0 Å². The average Bonchev–Trinajstić information content (AvgIpc) is 2.61. The number of thiophene rings is 1. The van der Waals surface area contributed by atoms with Gasteiger partial charge in [0.25, 0.3) is 0 Å². The molecular weight excluding hydrogens is 262 g/mol. The number of hydrogen-bond acceptors (Lipinski definition) is 2. The average molecular weight is 288 g/mol. The molecule has 0 aliphatic rings. The molecule has 0 aromatic carbocycles. The summed E-state index contributed by atoms with van der Waals surface area (Å²) in [6.07, 6.45) is 3.70. The second kappa shape index (κ2) is 8.19. The third-order valence-corrected chi connectivity index (χ3v) is 4.77. The highest BCUT2D eigenvalue weighted by molar-refractivity contribution is 7.16.